The van der Waals surface area contributed by atoms with E-state index in [0.717, 1.165) is 17.0 Å². The number of aromatic nitrogens is 2. The highest BCUT2D eigenvalue weighted by molar-refractivity contribution is 8.00. The quantitative estimate of drug-likeness (QED) is 0.652. The van der Waals surface area contributed by atoms with E-state index in [1.54, 1.807) is 6.92 Å². The second-order valence-corrected chi connectivity index (χ2v) is 9.21. The van der Waals surface area contributed by atoms with E-state index in [2.05, 4.69) is 15.3 Å². The molecule has 1 saturated heterocycles. The molecule has 1 aliphatic heterocycles. The molecule has 0 aliphatic carbocycles. The predicted octanol–water partition coefficient (Wildman–Crippen LogP) is 1.19. The van der Waals surface area contributed by atoms with Gasteiger partial charge in [-0.15, -0.1) is 0 Å². The molecule has 0 spiro atoms. The van der Waals surface area contributed by atoms with Gasteiger partial charge in [-0.05, 0) is 39.7 Å². The summed E-state index contributed by atoms with van der Waals surface area (Å²) in [5.74, 6) is 0.0143. The zero-order chi connectivity index (χ0) is 16.5. The van der Waals surface area contributed by atoms with Gasteiger partial charge in [0.2, 0.25) is 5.91 Å². The second-order valence-electron chi connectivity index (χ2n) is 5.67. The first-order valence-electron chi connectivity index (χ1n) is 7.17. The van der Waals surface area contributed by atoms with Gasteiger partial charge in [-0.3, -0.25) is 4.79 Å². The Kier molecular flexibility index (Phi) is 5.11. The smallest absolute Gasteiger partial charge is 0.233 e. The minimum atomic E-state index is -2.99. The second kappa shape index (κ2) is 6.54. The number of nitrogens with zero attached hydrogens (tertiary/aromatic N) is 2. The molecule has 0 aromatic carbocycles. The molecule has 0 bridgehead atoms. The lowest BCUT2D eigenvalue weighted by molar-refractivity contribution is -0.120. The van der Waals surface area contributed by atoms with Gasteiger partial charge in [-0.1, -0.05) is 11.8 Å². The number of nitrogens with one attached hydrogen (secondary N) is 1. The standard InChI is InChI=1S/C14H21N3O3S2/c1-8-9(2)15-14(16-10(8)3)21-11(4)13(18)17-12-5-6-22(19,20)7-12/h11-12H,5-7H2,1-4H3,(H,17,18)/t11-,12-/m1/s1. The Hall–Kier alpha value is -1.15. The molecule has 1 aromatic heterocycles. The van der Waals surface area contributed by atoms with Crippen molar-refractivity contribution in [2.75, 3.05) is 11.5 Å². The molecule has 0 unspecified atom stereocenters. The average Bonchev–Trinajstić information content (AvgIpc) is 2.75. The fourth-order valence-corrected chi connectivity index (χ4v) is 4.78. The third-order valence-corrected chi connectivity index (χ3v) is 6.57. The summed E-state index contributed by atoms with van der Waals surface area (Å²) >= 11 is 1.29. The molecular weight excluding hydrogens is 322 g/mol. The predicted molar refractivity (Wildman–Crippen MR) is 86.8 cm³/mol. The minimum Gasteiger partial charge on any atom is -0.351 e. The van der Waals surface area contributed by atoms with Crippen molar-refractivity contribution in [3.8, 4) is 0 Å². The van der Waals surface area contributed by atoms with Gasteiger partial charge in [-0.2, -0.15) is 0 Å². The Balaban J connectivity index is 1.97. The number of carbonyl (C=O) groups excluding carboxylic acids is 1. The lowest BCUT2D eigenvalue weighted by Gasteiger charge is -2.15. The molecule has 0 saturated carbocycles. The topological polar surface area (TPSA) is 89.0 Å². The summed E-state index contributed by atoms with van der Waals surface area (Å²) < 4.78 is 22.8. The van der Waals surface area contributed by atoms with Crippen LogP contribution in [-0.2, 0) is 14.6 Å². The zero-order valence-electron chi connectivity index (χ0n) is 13.2. The molecule has 2 heterocycles. The lowest BCUT2D eigenvalue weighted by Crippen LogP contribution is -2.40. The number of rotatable bonds is 4. The number of thioether (sulfide) groups is 1. The Labute approximate surface area is 135 Å². The van der Waals surface area contributed by atoms with Crippen LogP contribution in [0.4, 0.5) is 0 Å². The molecule has 2 atom stereocenters. The van der Waals surface area contributed by atoms with Gasteiger partial charge in [0.15, 0.2) is 15.0 Å². The molecule has 6 nitrogen and oxygen atoms in total. The largest absolute Gasteiger partial charge is 0.351 e. The highest BCUT2D eigenvalue weighted by Gasteiger charge is 2.30. The summed E-state index contributed by atoms with van der Waals surface area (Å²) in [6.07, 6.45) is 0.491. The Morgan fingerprint density at radius 3 is 2.36 bits per heavy atom. The number of sulfone groups is 1. The summed E-state index contributed by atoms with van der Waals surface area (Å²) in [6.45, 7) is 7.58. The maximum atomic E-state index is 12.2. The Morgan fingerprint density at radius 2 is 1.86 bits per heavy atom. The van der Waals surface area contributed by atoms with Crippen LogP contribution in [0.1, 0.15) is 30.3 Å². The van der Waals surface area contributed by atoms with Gasteiger partial charge in [0.1, 0.15) is 0 Å². The van der Waals surface area contributed by atoms with E-state index in [1.807, 2.05) is 20.8 Å². The monoisotopic (exact) mass is 343 g/mol. The number of amides is 1. The SMILES string of the molecule is Cc1nc(S[C@H](C)C(=O)N[C@@H]2CCS(=O)(=O)C2)nc(C)c1C. The van der Waals surface area contributed by atoms with Crippen LogP contribution in [0.2, 0.25) is 0 Å². The van der Waals surface area contributed by atoms with E-state index in [4.69, 9.17) is 0 Å². The first kappa shape index (κ1) is 17.2. The van der Waals surface area contributed by atoms with Gasteiger partial charge in [0, 0.05) is 17.4 Å². The molecule has 122 valence electrons. The average molecular weight is 343 g/mol. The molecule has 22 heavy (non-hydrogen) atoms. The Morgan fingerprint density at radius 1 is 1.27 bits per heavy atom. The molecule has 1 fully saturated rings. The summed E-state index contributed by atoms with van der Waals surface area (Å²) in [4.78, 5) is 20.9. The third-order valence-electron chi connectivity index (χ3n) is 3.84. The van der Waals surface area contributed by atoms with Gasteiger partial charge in [-0.25, -0.2) is 18.4 Å². The molecule has 1 aromatic rings. The number of hydrogen-bond acceptors (Lipinski definition) is 6. The van der Waals surface area contributed by atoms with E-state index in [9.17, 15) is 13.2 Å². The van der Waals surface area contributed by atoms with Crippen LogP contribution in [0, 0.1) is 20.8 Å². The third kappa shape index (κ3) is 4.19. The van der Waals surface area contributed by atoms with Crippen molar-refractivity contribution in [2.45, 2.75) is 50.6 Å². The Bertz CT molecular complexity index is 666. The van der Waals surface area contributed by atoms with Crippen LogP contribution < -0.4 is 5.32 Å². The van der Waals surface area contributed by atoms with Gasteiger partial charge in [0.05, 0.1) is 16.8 Å². The molecule has 0 radical (unpaired) electrons. The lowest BCUT2D eigenvalue weighted by atomic mass is 10.2. The van der Waals surface area contributed by atoms with E-state index in [-0.39, 0.29) is 28.7 Å². The summed E-state index contributed by atoms with van der Waals surface area (Å²) in [7, 11) is -2.99. The van der Waals surface area contributed by atoms with Crippen molar-refractivity contribution in [3.63, 3.8) is 0 Å². The fraction of sp³-hybridized carbons (Fsp3) is 0.643. The minimum absolute atomic E-state index is 0.0371. The van der Waals surface area contributed by atoms with Gasteiger partial charge in [0.25, 0.3) is 0 Å². The van der Waals surface area contributed by atoms with Crippen LogP contribution in [0.5, 0.6) is 0 Å². The van der Waals surface area contributed by atoms with Crippen LogP contribution in [0.25, 0.3) is 0 Å². The van der Waals surface area contributed by atoms with Crippen LogP contribution in [-0.4, -0.2) is 47.1 Å². The maximum Gasteiger partial charge on any atom is 0.233 e. The molecule has 1 amide bonds. The van der Waals surface area contributed by atoms with Crippen molar-refractivity contribution in [2.24, 2.45) is 0 Å². The molecular formula is C14H21N3O3S2. The van der Waals surface area contributed by atoms with E-state index in [0.29, 0.717) is 11.6 Å². The van der Waals surface area contributed by atoms with Crippen LogP contribution >= 0.6 is 11.8 Å². The molecule has 1 aliphatic rings. The normalized spacial score (nSPS) is 21.5. The summed E-state index contributed by atoms with van der Waals surface area (Å²) in [6, 6.07) is -0.275. The fourth-order valence-electron chi connectivity index (χ4n) is 2.23. The maximum absolute atomic E-state index is 12.2. The van der Waals surface area contributed by atoms with Gasteiger partial charge >= 0.3 is 0 Å². The van der Waals surface area contributed by atoms with Crippen molar-refractivity contribution in [3.05, 3.63) is 17.0 Å². The van der Waals surface area contributed by atoms with Crippen molar-refractivity contribution < 1.29 is 13.2 Å². The van der Waals surface area contributed by atoms with E-state index < -0.39 is 9.84 Å². The first-order chi connectivity index (χ1) is 10.2. The van der Waals surface area contributed by atoms with E-state index >= 15 is 0 Å². The summed E-state index contributed by atoms with van der Waals surface area (Å²) in [5, 5.41) is 3.00. The number of aryl methyl sites for hydroxylation is 2. The zero-order valence-corrected chi connectivity index (χ0v) is 14.8. The number of hydrogen-bond donors (Lipinski definition) is 1. The van der Waals surface area contributed by atoms with Gasteiger partial charge < -0.3 is 5.32 Å². The number of carbonyl (C=O) groups is 1. The first-order valence-corrected chi connectivity index (χ1v) is 9.87. The highest BCUT2D eigenvalue weighted by Crippen LogP contribution is 2.22. The van der Waals surface area contributed by atoms with Crippen LogP contribution in [0.15, 0.2) is 5.16 Å². The summed E-state index contributed by atoms with van der Waals surface area (Å²) in [5.41, 5.74) is 2.87. The highest BCUT2D eigenvalue weighted by atomic mass is 32.2. The van der Waals surface area contributed by atoms with Crippen molar-refractivity contribution >= 4 is 27.5 Å². The van der Waals surface area contributed by atoms with Crippen molar-refractivity contribution in [1.29, 1.82) is 0 Å². The molecule has 8 heteroatoms. The molecule has 1 N–H and O–H groups in total. The molecule has 2 rings (SSSR count). The van der Waals surface area contributed by atoms with Crippen LogP contribution in [0.3, 0.4) is 0 Å². The van der Waals surface area contributed by atoms with Crippen molar-refractivity contribution in [1.82, 2.24) is 15.3 Å². The van der Waals surface area contributed by atoms with E-state index in [1.165, 1.54) is 11.8 Å².